The fraction of sp³-hybridized carbons (Fsp3) is 0.273. The molecule has 0 unspecified atom stereocenters. The van der Waals surface area contributed by atoms with Crippen LogP contribution >= 0.6 is 27.5 Å². The summed E-state index contributed by atoms with van der Waals surface area (Å²) in [6, 6.07) is 7.73. The predicted octanol–water partition coefficient (Wildman–Crippen LogP) is 3.31. The van der Waals surface area contributed by atoms with Crippen LogP contribution in [-0.4, -0.2) is 16.1 Å². The van der Waals surface area contributed by atoms with Gasteiger partial charge in [0, 0.05) is 22.5 Å². The lowest BCUT2D eigenvalue weighted by molar-refractivity contribution is 0.301. The molecule has 6 heteroatoms. The van der Waals surface area contributed by atoms with Crippen LogP contribution in [0.5, 0.6) is 5.75 Å². The lowest BCUT2D eigenvalue weighted by Crippen LogP contribution is -2.02. The van der Waals surface area contributed by atoms with Crippen molar-refractivity contribution in [2.45, 2.75) is 13.5 Å². The lowest BCUT2D eigenvalue weighted by Gasteiger charge is -2.06. The van der Waals surface area contributed by atoms with Gasteiger partial charge in [0.25, 0.3) is 0 Å². The molecule has 0 saturated carbocycles. The summed E-state index contributed by atoms with van der Waals surface area (Å²) in [4.78, 5) is 0. The van der Waals surface area contributed by atoms with E-state index >= 15 is 0 Å². The molecule has 0 spiro atoms. The SMILES string of the molecule is CCNc1snnc1COc1cccc(Br)c1. The van der Waals surface area contributed by atoms with Crippen molar-refractivity contribution in [1.29, 1.82) is 0 Å². The first kappa shape index (κ1) is 12.3. The number of anilines is 1. The molecule has 1 heterocycles. The largest absolute Gasteiger partial charge is 0.487 e. The minimum absolute atomic E-state index is 0.426. The Morgan fingerprint density at radius 2 is 2.35 bits per heavy atom. The fourth-order valence-electron chi connectivity index (χ4n) is 1.31. The highest BCUT2D eigenvalue weighted by Gasteiger charge is 2.07. The third-order valence-corrected chi connectivity index (χ3v) is 3.28. The van der Waals surface area contributed by atoms with Crippen molar-refractivity contribution in [2.24, 2.45) is 0 Å². The fourth-order valence-corrected chi connectivity index (χ4v) is 2.32. The van der Waals surface area contributed by atoms with Crippen molar-refractivity contribution in [2.75, 3.05) is 11.9 Å². The molecule has 0 radical (unpaired) electrons. The average molecular weight is 314 g/mol. The van der Waals surface area contributed by atoms with Crippen molar-refractivity contribution in [3.8, 4) is 5.75 Å². The zero-order valence-corrected chi connectivity index (χ0v) is 11.7. The van der Waals surface area contributed by atoms with E-state index < -0.39 is 0 Å². The number of aromatic nitrogens is 2. The summed E-state index contributed by atoms with van der Waals surface area (Å²) >= 11 is 4.75. The van der Waals surface area contributed by atoms with Gasteiger partial charge in [-0.2, -0.15) is 0 Å². The van der Waals surface area contributed by atoms with Crippen LogP contribution in [0.25, 0.3) is 0 Å². The highest BCUT2D eigenvalue weighted by Crippen LogP contribution is 2.22. The summed E-state index contributed by atoms with van der Waals surface area (Å²) in [5.41, 5.74) is 0.844. The molecule has 0 aliphatic carbocycles. The average Bonchev–Trinajstić information content (AvgIpc) is 2.75. The van der Waals surface area contributed by atoms with E-state index in [-0.39, 0.29) is 0 Å². The Labute approximate surface area is 112 Å². The highest BCUT2D eigenvalue weighted by atomic mass is 79.9. The molecule has 1 aromatic heterocycles. The van der Waals surface area contributed by atoms with Gasteiger partial charge in [-0.15, -0.1) is 5.10 Å². The van der Waals surface area contributed by atoms with Gasteiger partial charge in [-0.1, -0.05) is 26.5 Å². The molecule has 2 rings (SSSR count). The third-order valence-electron chi connectivity index (χ3n) is 2.06. The molecule has 2 aromatic rings. The van der Waals surface area contributed by atoms with E-state index in [9.17, 15) is 0 Å². The predicted molar refractivity (Wildman–Crippen MR) is 72.5 cm³/mol. The molecule has 0 aliphatic heterocycles. The van der Waals surface area contributed by atoms with E-state index in [0.29, 0.717) is 6.61 Å². The van der Waals surface area contributed by atoms with E-state index in [1.54, 1.807) is 0 Å². The van der Waals surface area contributed by atoms with E-state index in [1.165, 1.54) is 11.5 Å². The molecular formula is C11H12BrN3OS. The smallest absolute Gasteiger partial charge is 0.136 e. The summed E-state index contributed by atoms with van der Waals surface area (Å²) in [7, 11) is 0. The topological polar surface area (TPSA) is 47.0 Å². The van der Waals surface area contributed by atoms with Gasteiger partial charge in [0.2, 0.25) is 0 Å². The second-order valence-electron chi connectivity index (χ2n) is 3.33. The zero-order chi connectivity index (χ0) is 12.1. The van der Waals surface area contributed by atoms with E-state index in [2.05, 4.69) is 30.8 Å². The molecule has 90 valence electrons. The van der Waals surface area contributed by atoms with Crippen LogP contribution in [0.2, 0.25) is 0 Å². The van der Waals surface area contributed by atoms with Gasteiger partial charge in [-0.05, 0) is 25.1 Å². The Morgan fingerprint density at radius 1 is 1.47 bits per heavy atom. The molecule has 0 fully saturated rings. The number of benzene rings is 1. The quantitative estimate of drug-likeness (QED) is 0.920. The van der Waals surface area contributed by atoms with Crippen molar-refractivity contribution < 1.29 is 4.74 Å². The number of ether oxygens (including phenoxy) is 1. The maximum Gasteiger partial charge on any atom is 0.136 e. The summed E-state index contributed by atoms with van der Waals surface area (Å²) in [6.45, 7) is 3.32. The Hall–Kier alpha value is -1.14. The van der Waals surface area contributed by atoms with Crippen molar-refractivity contribution in [1.82, 2.24) is 9.59 Å². The number of nitrogens with one attached hydrogen (secondary N) is 1. The van der Waals surface area contributed by atoms with Crippen LogP contribution in [-0.2, 0) is 6.61 Å². The molecule has 1 aromatic carbocycles. The van der Waals surface area contributed by atoms with Crippen LogP contribution in [0.3, 0.4) is 0 Å². The summed E-state index contributed by atoms with van der Waals surface area (Å²) < 4.78 is 10.6. The van der Waals surface area contributed by atoms with Crippen molar-refractivity contribution in [3.05, 3.63) is 34.4 Å². The first-order chi connectivity index (χ1) is 8.29. The Kier molecular flexibility index (Phi) is 4.33. The molecule has 0 atom stereocenters. The molecule has 1 N–H and O–H groups in total. The van der Waals surface area contributed by atoms with E-state index in [0.717, 1.165) is 27.5 Å². The summed E-state index contributed by atoms with van der Waals surface area (Å²) in [5.74, 6) is 0.815. The maximum atomic E-state index is 5.65. The number of rotatable bonds is 5. The maximum absolute atomic E-state index is 5.65. The normalized spacial score (nSPS) is 10.2. The van der Waals surface area contributed by atoms with Gasteiger partial charge in [-0.3, -0.25) is 0 Å². The van der Waals surface area contributed by atoms with Gasteiger partial charge in [-0.25, -0.2) is 0 Å². The molecule has 0 amide bonds. The first-order valence-corrected chi connectivity index (χ1v) is 6.79. The monoisotopic (exact) mass is 313 g/mol. The molecule has 0 aliphatic rings. The van der Waals surface area contributed by atoms with E-state index in [1.807, 2.05) is 31.2 Å². The second-order valence-corrected chi connectivity index (χ2v) is 4.99. The summed E-state index contributed by atoms with van der Waals surface area (Å²) in [5, 5.41) is 8.22. The van der Waals surface area contributed by atoms with Crippen molar-refractivity contribution >= 4 is 32.5 Å². The third kappa shape index (κ3) is 3.41. The van der Waals surface area contributed by atoms with Crippen LogP contribution in [0.4, 0.5) is 5.00 Å². The van der Waals surface area contributed by atoms with Crippen LogP contribution in [0.1, 0.15) is 12.6 Å². The van der Waals surface area contributed by atoms with Gasteiger partial charge in [0.1, 0.15) is 23.1 Å². The lowest BCUT2D eigenvalue weighted by atomic mass is 10.3. The molecule has 4 nitrogen and oxygen atoms in total. The second kappa shape index (κ2) is 5.97. The summed E-state index contributed by atoms with van der Waals surface area (Å²) in [6.07, 6.45) is 0. The van der Waals surface area contributed by atoms with Gasteiger partial charge >= 0.3 is 0 Å². The van der Waals surface area contributed by atoms with E-state index in [4.69, 9.17) is 4.74 Å². The molecular weight excluding hydrogens is 302 g/mol. The Morgan fingerprint density at radius 3 is 3.12 bits per heavy atom. The minimum Gasteiger partial charge on any atom is -0.487 e. The molecule has 0 bridgehead atoms. The Balaban J connectivity index is 1.99. The van der Waals surface area contributed by atoms with Gasteiger partial charge in [0.15, 0.2) is 0 Å². The number of nitrogens with zero attached hydrogens (tertiary/aromatic N) is 2. The van der Waals surface area contributed by atoms with Crippen LogP contribution in [0, 0.1) is 0 Å². The standard InChI is InChI=1S/C11H12BrN3OS/c1-2-13-11-10(14-15-17-11)7-16-9-5-3-4-8(12)6-9/h3-6,13H,2,7H2,1H3. The minimum atomic E-state index is 0.426. The molecule has 0 saturated heterocycles. The number of halogens is 1. The van der Waals surface area contributed by atoms with Crippen LogP contribution in [0.15, 0.2) is 28.7 Å². The first-order valence-electron chi connectivity index (χ1n) is 5.23. The Bertz CT molecular complexity index is 489. The van der Waals surface area contributed by atoms with Gasteiger partial charge < -0.3 is 10.1 Å². The van der Waals surface area contributed by atoms with Crippen molar-refractivity contribution in [3.63, 3.8) is 0 Å². The van der Waals surface area contributed by atoms with Crippen LogP contribution < -0.4 is 10.1 Å². The number of hydrogen-bond donors (Lipinski definition) is 1. The zero-order valence-electron chi connectivity index (χ0n) is 9.31. The molecule has 17 heavy (non-hydrogen) atoms. The highest BCUT2D eigenvalue weighted by molar-refractivity contribution is 9.10. The van der Waals surface area contributed by atoms with Gasteiger partial charge in [0.05, 0.1) is 0 Å². The number of hydrogen-bond acceptors (Lipinski definition) is 5.